The first-order valence-electron chi connectivity index (χ1n) is 7.89. The van der Waals surface area contributed by atoms with Gasteiger partial charge in [-0.05, 0) is 19.3 Å². The minimum atomic E-state index is -0.0682. The third kappa shape index (κ3) is 3.32. The van der Waals surface area contributed by atoms with E-state index in [1.165, 1.54) is 19.3 Å². The van der Waals surface area contributed by atoms with Gasteiger partial charge in [-0.3, -0.25) is 9.97 Å². The molecule has 0 N–H and O–H groups in total. The van der Waals surface area contributed by atoms with Gasteiger partial charge in [-0.1, -0.05) is 24.4 Å². The number of hydrogen-bond acceptors (Lipinski definition) is 6. The van der Waals surface area contributed by atoms with E-state index in [1.54, 1.807) is 25.7 Å². The molecule has 6 nitrogen and oxygen atoms in total. The Morgan fingerprint density at radius 3 is 2.77 bits per heavy atom. The molecule has 22 heavy (non-hydrogen) atoms. The normalized spacial score (nSPS) is 17.5. The van der Waals surface area contributed by atoms with E-state index in [4.69, 9.17) is 9.26 Å². The van der Waals surface area contributed by atoms with Crippen molar-refractivity contribution >= 4 is 0 Å². The minimum Gasteiger partial charge on any atom is -0.384 e. The van der Waals surface area contributed by atoms with Crippen molar-refractivity contribution in [2.24, 2.45) is 0 Å². The van der Waals surface area contributed by atoms with Crippen molar-refractivity contribution in [3.05, 3.63) is 36.0 Å². The molecule has 0 amide bonds. The molecule has 0 bridgehead atoms. The van der Waals surface area contributed by atoms with Gasteiger partial charge in [0.2, 0.25) is 5.89 Å². The summed E-state index contributed by atoms with van der Waals surface area (Å²) in [7, 11) is 1.74. The van der Waals surface area contributed by atoms with Crippen LogP contribution in [0.1, 0.15) is 49.5 Å². The molecule has 0 radical (unpaired) electrons. The molecule has 1 fully saturated rings. The summed E-state index contributed by atoms with van der Waals surface area (Å²) in [4.78, 5) is 13.0. The van der Waals surface area contributed by atoms with Gasteiger partial charge in [0.05, 0.1) is 17.7 Å². The maximum atomic E-state index is 5.45. The van der Waals surface area contributed by atoms with Gasteiger partial charge < -0.3 is 9.26 Å². The maximum Gasteiger partial charge on any atom is 0.227 e. The highest BCUT2D eigenvalue weighted by Crippen LogP contribution is 2.38. The summed E-state index contributed by atoms with van der Waals surface area (Å²) in [5.41, 5.74) is 0.868. The first-order valence-corrected chi connectivity index (χ1v) is 7.89. The Hall–Kier alpha value is -1.82. The van der Waals surface area contributed by atoms with Crippen LogP contribution in [-0.2, 0) is 23.0 Å². The summed E-state index contributed by atoms with van der Waals surface area (Å²) >= 11 is 0. The van der Waals surface area contributed by atoms with Crippen LogP contribution < -0.4 is 0 Å². The van der Waals surface area contributed by atoms with Gasteiger partial charge in [-0.15, -0.1) is 0 Å². The lowest BCUT2D eigenvalue weighted by Crippen LogP contribution is -2.35. The molecular weight excluding hydrogens is 280 g/mol. The Labute approximate surface area is 130 Å². The molecule has 1 saturated carbocycles. The van der Waals surface area contributed by atoms with Crippen LogP contribution in [0.2, 0.25) is 0 Å². The van der Waals surface area contributed by atoms with E-state index in [1.807, 2.05) is 0 Å². The Morgan fingerprint density at radius 1 is 1.18 bits per heavy atom. The van der Waals surface area contributed by atoms with Crippen molar-refractivity contribution in [3.63, 3.8) is 0 Å². The fraction of sp³-hybridized carbons (Fsp3) is 0.625. The number of hydrogen-bond donors (Lipinski definition) is 0. The van der Waals surface area contributed by atoms with Crippen molar-refractivity contribution in [2.45, 2.75) is 50.4 Å². The van der Waals surface area contributed by atoms with E-state index in [0.29, 0.717) is 18.9 Å². The van der Waals surface area contributed by atoms with Crippen molar-refractivity contribution in [1.82, 2.24) is 20.1 Å². The van der Waals surface area contributed by atoms with Crippen LogP contribution in [0, 0.1) is 0 Å². The van der Waals surface area contributed by atoms with E-state index in [2.05, 4.69) is 20.1 Å². The summed E-state index contributed by atoms with van der Waals surface area (Å²) in [5, 5.41) is 4.24. The van der Waals surface area contributed by atoms with Crippen molar-refractivity contribution < 1.29 is 9.26 Å². The minimum absolute atomic E-state index is 0.0682. The Bertz CT molecular complexity index is 573. The van der Waals surface area contributed by atoms with E-state index in [-0.39, 0.29) is 5.41 Å². The average molecular weight is 302 g/mol. The van der Waals surface area contributed by atoms with Gasteiger partial charge in [0.15, 0.2) is 5.82 Å². The first kappa shape index (κ1) is 15.1. The van der Waals surface area contributed by atoms with Crippen molar-refractivity contribution in [1.29, 1.82) is 0 Å². The molecule has 0 atom stereocenters. The Kier molecular flexibility index (Phi) is 4.77. The summed E-state index contributed by atoms with van der Waals surface area (Å²) in [6.45, 7) is 0.663. The molecule has 1 aliphatic carbocycles. The number of rotatable bonds is 6. The van der Waals surface area contributed by atoms with Crippen LogP contribution in [0.25, 0.3) is 0 Å². The van der Waals surface area contributed by atoms with Crippen LogP contribution in [0.4, 0.5) is 0 Å². The predicted octanol–water partition coefficient (Wildman–Crippen LogP) is 2.49. The number of aromatic nitrogens is 4. The molecule has 0 unspecified atom stereocenters. The van der Waals surface area contributed by atoms with Crippen LogP contribution in [-0.4, -0.2) is 33.8 Å². The highest BCUT2D eigenvalue weighted by Gasteiger charge is 2.38. The summed E-state index contributed by atoms with van der Waals surface area (Å²) in [5.74, 6) is 1.48. The Morgan fingerprint density at radius 2 is 2.05 bits per heavy atom. The number of nitrogens with zero attached hydrogens (tertiary/aromatic N) is 4. The molecule has 2 aromatic rings. The standard InChI is InChI=1S/C16H22N4O2/c1-21-12-16(7-3-2-4-8-16)15-19-14(22-20-15)6-5-13-11-17-9-10-18-13/h9-11H,2-8,12H2,1H3. The molecule has 0 saturated heterocycles. The lowest BCUT2D eigenvalue weighted by atomic mass is 9.74. The summed E-state index contributed by atoms with van der Waals surface area (Å²) < 4.78 is 10.9. The Balaban J connectivity index is 1.69. The third-order valence-electron chi connectivity index (χ3n) is 4.39. The highest BCUT2D eigenvalue weighted by atomic mass is 16.5. The van der Waals surface area contributed by atoms with Gasteiger partial charge in [-0.25, -0.2) is 0 Å². The molecule has 1 aliphatic rings. The SMILES string of the molecule is COCC1(c2noc(CCc3cnccn3)n2)CCCCC1. The van der Waals surface area contributed by atoms with Crippen LogP contribution in [0.15, 0.2) is 23.1 Å². The summed E-state index contributed by atoms with van der Waals surface area (Å²) in [6.07, 6.45) is 12.4. The zero-order valence-electron chi connectivity index (χ0n) is 13.0. The molecule has 3 rings (SSSR count). The topological polar surface area (TPSA) is 73.9 Å². The van der Waals surface area contributed by atoms with E-state index in [9.17, 15) is 0 Å². The second kappa shape index (κ2) is 6.96. The quantitative estimate of drug-likeness (QED) is 0.816. The van der Waals surface area contributed by atoms with E-state index >= 15 is 0 Å². The first-order chi connectivity index (χ1) is 10.8. The van der Waals surface area contributed by atoms with Gasteiger partial charge in [-0.2, -0.15) is 4.98 Å². The van der Waals surface area contributed by atoms with E-state index in [0.717, 1.165) is 30.8 Å². The molecule has 2 aromatic heterocycles. The smallest absolute Gasteiger partial charge is 0.227 e. The lowest BCUT2D eigenvalue weighted by Gasteiger charge is -2.33. The molecule has 118 valence electrons. The van der Waals surface area contributed by atoms with Gasteiger partial charge in [0.1, 0.15) is 0 Å². The molecule has 2 heterocycles. The highest BCUT2D eigenvalue weighted by molar-refractivity contribution is 5.09. The van der Waals surface area contributed by atoms with Gasteiger partial charge in [0.25, 0.3) is 0 Å². The average Bonchev–Trinajstić information content (AvgIpc) is 3.05. The lowest BCUT2D eigenvalue weighted by molar-refractivity contribution is 0.0961. The molecule has 0 spiro atoms. The zero-order valence-corrected chi connectivity index (χ0v) is 13.0. The van der Waals surface area contributed by atoms with Crippen molar-refractivity contribution in [2.75, 3.05) is 13.7 Å². The molecule has 0 aliphatic heterocycles. The molecule has 6 heteroatoms. The predicted molar refractivity (Wildman–Crippen MR) is 80.4 cm³/mol. The monoisotopic (exact) mass is 302 g/mol. The molecule has 0 aromatic carbocycles. The van der Waals surface area contributed by atoms with Crippen LogP contribution >= 0.6 is 0 Å². The number of ether oxygens (including phenoxy) is 1. The maximum absolute atomic E-state index is 5.45. The molecular formula is C16H22N4O2. The van der Waals surface area contributed by atoms with Crippen LogP contribution in [0.5, 0.6) is 0 Å². The number of aryl methyl sites for hydroxylation is 2. The van der Waals surface area contributed by atoms with Crippen molar-refractivity contribution in [3.8, 4) is 0 Å². The van der Waals surface area contributed by atoms with Crippen LogP contribution in [0.3, 0.4) is 0 Å². The number of methoxy groups -OCH3 is 1. The second-order valence-corrected chi connectivity index (χ2v) is 5.98. The summed E-state index contributed by atoms with van der Waals surface area (Å²) in [6, 6.07) is 0. The fourth-order valence-corrected chi connectivity index (χ4v) is 3.20. The largest absolute Gasteiger partial charge is 0.384 e. The van der Waals surface area contributed by atoms with Gasteiger partial charge >= 0.3 is 0 Å². The van der Waals surface area contributed by atoms with E-state index < -0.39 is 0 Å². The third-order valence-corrected chi connectivity index (χ3v) is 4.39. The second-order valence-electron chi connectivity index (χ2n) is 5.98. The fourth-order valence-electron chi connectivity index (χ4n) is 3.20. The van der Waals surface area contributed by atoms with Gasteiger partial charge in [0, 0.05) is 32.1 Å². The zero-order chi connectivity index (χ0) is 15.3.